The third-order valence-corrected chi connectivity index (χ3v) is 7.88. The van der Waals surface area contributed by atoms with Crippen LogP contribution in [0.1, 0.15) is 21.7 Å². The zero-order valence-corrected chi connectivity index (χ0v) is 17.1. The van der Waals surface area contributed by atoms with Crippen molar-refractivity contribution in [3.05, 3.63) is 63.1 Å². The highest BCUT2D eigenvalue weighted by Gasteiger charge is 2.23. The van der Waals surface area contributed by atoms with Gasteiger partial charge in [0.15, 0.2) is 4.77 Å². The first-order chi connectivity index (χ1) is 12.9. The van der Waals surface area contributed by atoms with Gasteiger partial charge in [0.1, 0.15) is 0 Å². The van der Waals surface area contributed by atoms with Crippen molar-refractivity contribution in [3.63, 3.8) is 0 Å². The lowest BCUT2D eigenvalue weighted by atomic mass is 10.1. The van der Waals surface area contributed by atoms with Crippen LogP contribution in [0.5, 0.6) is 0 Å². The van der Waals surface area contributed by atoms with Gasteiger partial charge in [-0.15, -0.1) is 11.3 Å². The zero-order chi connectivity index (χ0) is 19.0. The maximum absolute atomic E-state index is 12.8. The second-order valence-corrected chi connectivity index (χ2v) is 10.2. The molecule has 27 heavy (non-hydrogen) atoms. The molecule has 0 bridgehead atoms. The number of H-pyrrole nitrogens is 1. The van der Waals surface area contributed by atoms with Gasteiger partial charge in [-0.2, -0.15) is 0 Å². The lowest BCUT2D eigenvalue weighted by Gasteiger charge is -2.27. The van der Waals surface area contributed by atoms with Gasteiger partial charge in [0.2, 0.25) is 14.2 Å². The molecule has 0 fully saturated rings. The maximum Gasteiger partial charge on any atom is 0.233 e. The number of fused-ring (bicyclic) bond motifs is 1. The molecule has 3 heterocycles. The van der Waals surface area contributed by atoms with E-state index >= 15 is 0 Å². The Balaban J connectivity index is 1.51. The Hall–Kier alpha value is -1.94. The van der Waals surface area contributed by atoms with E-state index < -0.39 is 9.84 Å². The van der Waals surface area contributed by atoms with Gasteiger partial charge >= 0.3 is 0 Å². The van der Waals surface area contributed by atoms with E-state index in [1.54, 1.807) is 30.5 Å². The summed E-state index contributed by atoms with van der Waals surface area (Å²) in [7, 11) is -3.57. The van der Waals surface area contributed by atoms with Crippen molar-refractivity contribution in [1.29, 1.82) is 0 Å². The van der Waals surface area contributed by atoms with E-state index in [1.165, 1.54) is 11.3 Å². The van der Waals surface area contributed by atoms with Gasteiger partial charge in [0, 0.05) is 54.6 Å². The normalized spacial score (nSPS) is 14.9. The minimum absolute atomic E-state index is 0.143. The largest absolute Gasteiger partial charge is 0.334 e. The summed E-state index contributed by atoms with van der Waals surface area (Å²) < 4.78 is 26.2. The minimum atomic E-state index is -3.57. The first-order valence-corrected chi connectivity index (χ1v) is 11.2. The molecule has 0 amide bonds. The van der Waals surface area contributed by atoms with Crippen LogP contribution in [0.25, 0.3) is 0 Å². The number of aryl methyl sites for hydroxylation is 1. The van der Waals surface area contributed by atoms with E-state index in [1.807, 2.05) is 13.1 Å². The van der Waals surface area contributed by atoms with Gasteiger partial charge in [0.05, 0.1) is 4.90 Å². The third kappa shape index (κ3) is 3.86. The number of hydrogen-bond acceptors (Lipinski definition) is 7. The van der Waals surface area contributed by atoms with Crippen molar-refractivity contribution in [1.82, 2.24) is 19.9 Å². The molecule has 9 heteroatoms. The number of sulfone groups is 1. The van der Waals surface area contributed by atoms with Crippen LogP contribution in [0.4, 0.5) is 0 Å². The highest BCUT2D eigenvalue weighted by atomic mass is 32.2. The SMILES string of the molecule is Cc1ccc(S(=O)(=O)c2ncc(CN3CCc4[nH]c(=S)ncc4C3)s2)cc1. The van der Waals surface area contributed by atoms with Gasteiger partial charge in [-0.05, 0) is 31.3 Å². The minimum Gasteiger partial charge on any atom is -0.334 e. The molecule has 0 saturated carbocycles. The summed E-state index contributed by atoms with van der Waals surface area (Å²) in [5.41, 5.74) is 3.29. The molecule has 1 aliphatic heterocycles. The molecule has 0 radical (unpaired) electrons. The average Bonchev–Trinajstić information content (AvgIpc) is 3.11. The fourth-order valence-electron chi connectivity index (χ4n) is 3.07. The third-order valence-electron chi connectivity index (χ3n) is 4.53. The second kappa shape index (κ2) is 7.23. The van der Waals surface area contributed by atoms with Crippen LogP contribution in [-0.2, 0) is 29.3 Å². The summed E-state index contributed by atoms with van der Waals surface area (Å²) in [4.78, 5) is 15.0. The summed E-state index contributed by atoms with van der Waals surface area (Å²) >= 11 is 6.31. The number of hydrogen-bond donors (Lipinski definition) is 1. The fourth-order valence-corrected chi connectivity index (χ4v) is 5.86. The quantitative estimate of drug-likeness (QED) is 0.655. The highest BCUT2D eigenvalue weighted by molar-refractivity contribution is 7.93. The molecule has 6 nitrogen and oxygen atoms in total. The molecule has 1 N–H and O–H groups in total. The summed E-state index contributed by atoms with van der Waals surface area (Å²) in [5.74, 6) is 0. The summed E-state index contributed by atoms with van der Waals surface area (Å²) in [6.07, 6.45) is 4.35. The van der Waals surface area contributed by atoms with Gasteiger partial charge in [-0.1, -0.05) is 17.7 Å². The number of nitrogens with one attached hydrogen (secondary N) is 1. The molecule has 0 atom stereocenters. The van der Waals surface area contributed by atoms with Gasteiger partial charge in [0.25, 0.3) is 0 Å². The van der Waals surface area contributed by atoms with E-state index in [2.05, 4.69) is 19.9 Å². The Morgan fingerprint density at radius 1 is 1.22 bits per heavy atom. The van der Waals surface area contributed by atoms with Gasteiger partial charge in [-0.3, -0.25) is 4.90 Å². The summed E-state index contributed by atoms with van der Waals surface area (Å²) in [6.45, 7) is 4.22. The molecular formula is C18H18N4O2S3. The van der Waals surface area contributed by atoms with Crippen molar-refractivity contribution in [2.24, 2.45) is 0 Å². The fraction of sp³-hybridized carbons (Fsp3) is 0.278. The number of aromatic nitrogens is 3. The van der Waals surface area contributed by atoms with E-state index in [4.69, 9.17) is 12.2 Å². The number of thiazole rings is 1. The summed E-state index contributed by atoms with van der Waals surface area (Å²) in [6, 6.07) is 6.85. The molecule has 3 aromatic rings. The first-order valence-electron chi connectivity index (χ1n) is 8.48. The topological polar surface area (TPSA) is 79.0 Å². The average molecular weight is 419 g/mol. The molecule has 1 aliphatic rings. The summed E-state index contributed by atoms with van der Waals surface area (Å²) in [5, 5.41) is 0. The molecule has 2 aromatic heterocycles. The van der Waals surface area contributed by atoms with Gasteiger partial charge in [-0.25, -0.2) is 18.4 Å². The van der Waals surface area contributed by atoms with Crippen molar-refractivity contribution in [3.8, 4) is 0 Å². The zero-order valence-electron chi connectivity index (χ0n) is 14.7. The Bertz CT molecular complexity index is 1130. The Morgan fingerprint density at radius 3 is 2.78 bits per heavy atom. The van der Waals surface area contributed by atoms with Crippen molar-refractivity contribution < 1.29 is 8.42 Å². The molecule has 0 spiro atoms. The molecule has 140 valence electrons. The van der Waals surface area contributed by atoms with Gasteiger partial charge < -0.3 is 4.98 Å². The highest BCUT2D eigenvalue weighted by Crippen LogP contribution is 2.27. The van der Waals surface area contributed by atoms with Crippen LogP contribution in [0.15, 0.2) is 45.9 Å². The first kappa shape index (κ1) is 18.4. The Morgan fingerprint density at radius 2 is 2.00 bits per heavy atom. The Labute approximate surface area is 166 Å². The molecule has 0 aliphatic carbocycles. The van der Waals surface area contributed by atoms with Crippen molar-refractivity contribution in [2.45, 2.75) is 35.7 Å². The predicted molar refractivity (Wildman–Crippen MR) is 106 cm³/mol. The van der Waals surface area contributed by atoms with Crippen LogP contribution < -0.4 is 0 Å². The smallest absolute Gasteiger partial charge is 0.233 e. The predicted octanol–water partition coefficient (Wildman–Crippen LogP) is 3.30. The van der Waals surface area contributed by atoms with E-state index in [-0.39, 0.29) is 9.24 Å². The molecule has 4 rings (SSSR count). The van der Waals surface area contributed by atoms with Crippen LogP contribution in [-0.4, -0.2) is 34.8 Å². The van der Waals surface area contributed by atoms with Crippen molar-refractivity contribution >= 4 is 33.4 Å². The standard InChI is InChI=1S/C18H18N4O2S3/c1-12-2-4-15(5-3-12)27(23,24)18-20-9-14(26-18)11-22-7-6-16-13(10-22)8-19-17(25)21-16/h2-5,8-9H,6-7,10-11H2,1H3,(H,19,21,25). The number of rotatable bonds is 4. The van der Waals surface area contributed by atoms with E-state index in [0.717, 1.165) is 41.2 Å². The number of benzene rings is 1. The molecule has 0 unspecified atom stereocenters. The van der Waals surface area contributed by atoms with Crippen LogP contribution in [0, 0.1) is 11.7 Å². The molecule has 1 aromatic carbocycles. The van der Waals surface area contributed by atoms with Crippen LogP contribution in [0.2, 0.25) is 0 Å². The van der Waals surface area contributed by atoms with Crippen LogP contribution in [0.3, 0.4) is 0 Å². The molecule has 0 saturated heterocycles. The number of nitrogens with zero attached hydrogens (tertiary/aromatic N) is 3. The lowest BCUT2D eigenvalue weighted by molar-refractivity contribution is 0.244. The van der Waals surface area contributed by atoms with E-state index in [0.29, 0.717) is 11.3 Å². The molecular weight excluding hydrogens is 400 g/mol. The number of aromatic amines is 1. The second-order valence-electron chi connectivity index (χ2n) is 6.56. The van der Waals surface area contributed by atoms with Crippen molar-refractivity contribution in [2.75, 3.05) is 6.54 Å². The van der Waals surface area contributed by atoms with Crippen LogP contribution >= 0.6 is 23.6 Å². The maximum atomic E-state index is 12.8. The monoisotopic (exact) mass is 418 g/mol. The lowest BCUT2D eigenvalue weighted by Crippen LogP contribution is -2.30. The van der Waals surface area contributed by atoms with E-state index in [9.17, 15) is 8.42 Å². The Kier molecular flexibility index (Phi) is 4.94.